The lowest BCUT2D eigenvalue weighted by molar-refractivity contribution is 0.0173. The van der Waals surface area contributed by atoms with E-state index in [9.17, 15) is 8.42 Å². The minimum Gasteiger partial charge on any atom is -0.490 e. The molecule has 0 bridgehead atoms. The van der Waals surface area contributed by atoms with Gasteiger partial charge in [-0.05, 0) is 67.1 Å². The monoisotopic (exact) mass is 542 g/mol. The van der Waals surface area contributed by atoms with Gasteiger partial charge in [-0.2, -0.15) is 0 Å². The molecule has 0 aliphatic heterocycles. The van der Waals surface area contributed by atoms with Gasteiger partial charge in [-0.3, -0.25) is 4.98 Å². The molecule has 1 aromatic heterocycles. The molecule has 0 saturated heterocycles. The fraction of sp³-hybridized carbons (Fsp3) is 0.393. The highest BCUT2D eigenvalue weighted by atomic mass is 35.5. The predicted octanol–water partition coefficient (Wildman–Crippen LogP) is 4.90. The van der Waals surface area contributed by atoms with Crippen molar-refractivity contribution in [2.24, 2.45) is 5.73 Å². The normalized spacial score (nSPS) is 16.5. The van der Waals surface area contributed by atoms with Gasteiger partial charge in [0.15, 0.2) is 9.84 Å². The number of pyridine rings is 1. The molecule has 0 amide bonds. The first kappa shape index (κ1) is 26.1. The summed E-state index contributed by atoms with van der Waals surface area (Å²) < 4.78 is 43.5. The maximum Gasteiger partial charge on any atom is 0.180 e. The minimum absolute atomic E-state index is 0.0901. The second-order valence-electron chi connectivity index (χ2n) is 9.49. The van der Waals surface area contributed by atoms with Crippen molar-refractivity contribution in [3.05, 3.63) is 77.1 Å². The Morgan fingerprint density at radius 1 is 1.05 bits per heavy atom. The van der Waals surface area contributed by atoms with Crippen LogP contribution >= 0.6 is 11.6 Å². The van der Waals surface area contributed by atoms with Crippen molar-refractivity contribution in [3.8, 4) is 16.9 Å². The van der Waals surface area contributed by atoms with Gasteiger partial charge in [-0.15, -0.1) is 0 Å². The molecule has 2 aromatic carbocycles. The number of nitrogens with zero attached hydrogens (tertiary/aromatic N) is 1. The molecule has 2 aliphatic rings. The SMILES string of the molecule is NCCOCCS(=O)(=O)c1ccc(Cl)c(COC2(c3cnccc3-c3ccccc3OC3CC3)CC2)c1. The van der Waals surface area contributed by atoms with Crippen molar-refractivity contribution < 1.29 is 22.6 Å². The lowest BCUT2D eigenvalue weighted by atomic mass is 9.96. The van der Waals surface area contributed by atoms with Gasteiger partial charge < -0.3 is 19.9 Å². The van der Waals surface area contributed by atoms with E-state index in [-0.39, 0.29) is 30.0 Å². The number of aromatic nitrogens is 1. The van der Waals surface area contributed by atoms with Gasteiger partial charge >= 0.3 is 0 Å². The molecule has 2 N–H and O–H groups in total. The van der Waals surface area contributed by atoms with Gasteiger partial charge in [0.25, 0.3) is 0 Å². The summed E-state index contributed by atoms with van der Waals surface area (Å²) >= 11 is 6.45. The Kier molecular flexibility index (Phi) is 7.83. The van der Waals surface area contributed by atoms with Crippen LogP contribution in [0.15, 0.2) is 65.8 Å². The van der Waals surface area contributed by atoms with E-state index in [0.717, 1.165) is 48.1 Å². The van der Waals surface area contributed by atoms with Crippen molar-refractivity contribution in [2.45, 2.75) is 48.9 Å². The largest absolute Gasteiger partial charge is 0.490 e. The highest BCUT2D eigenvalue weighted by Gasteiger charge is 2.47. The van der Waals surface area contributed by atoms with Crippen LogP contribution in [0.4, 0.5) is 0 Å². The molecule has 9 heteroatoms. The van der Waals surface area contributed by atoms with Crippen LogP contribution in [0.5, 0.6) is 5.75 Å². The van der Waals surface area contributed by atoms with Gasteiger partial charge in [-0.25, -0.2) is 8.42 Å². The molecule has 5 rings (SSSR count). The first-order valence-corrected chi connectivity index (χ1v) is 14.6. The summed E-state index contributed by atoms with van der Waals surface area (Å²) in [6.45, 7) is 0.945. The van der Waals surface area contributed by atoms with E-state index in [1.54, 1.807) is 18.3 Å². The van der Waals surface area contributed by atoms with Crippen molar-refractivity contribution >= 4 is 21.4 Å². The predicted molar refractivity (Wildman–Crippen MR) is 142 cm³/mol. The second-order valence-corrected chi connectivity index (χ2v) is 12.0. The van der Waals surface area contributed by atoms with E-state index in [2.05, 4.69) is 11.1 Å². The summed E-state index contributed by atoms with van der Waals surface area (Å²) in [5.74, 6) is 0.741. The maximum atomic E-state index is 12.8. The molecule has 1 heterocycles. The number of halogens is 1. The molecule has 7 nitrogen and oxygen atoms in total. The molecule has 37 heavy (non-hydrogen) atoms. The van der Waals surface area contributed by atoms with Crippen molar-refractivity contribution in [1.82, 2.24) is 4.98 Å². The van der Waals surface area contributed by atoms with E-state index >= 15 is 0 Å². The lowest BCUT2D eigenvalue weighted by Gasteiger charge is -2.22. The molecule has 0 spiro atoms. The summed E-state index contributed by atoms with van der Waals surface area (Å²) in [6, 6.07) is 14.8. The Morgan fingerprint density at radius 2 is 1.86 bits per heavy atom. The van der Waals surface area contributed by atoms with Gasteiger partial charge in [-0.1, -0.05) is 29.8 Å². The number of nitrogens with two attached hydrogens (primary N) is 1. The zero-order valence-corrected chi connectivity index (χ0v) is 22.1. The maximum absolute atomic E-state index is 12.8. The average molecular weight is 543 g/mol. The number of para-hydroxylation sites is 1. The zero-order chi connectivity index (χ0) is 25.9. The van der Waals surface area contributed by atoms with Gasteiger partial charge in [0.1, 0.15) is 5.75 Å². The summed E-state index contributed by atoms with van der Waals surface area (Å²) in [6.07, 6.45) is 7.78. The van der Waals surface area contributed by atoms with Crippen LogP contribution in [0.1, 0.15) is 36.8 Å². The van der Waals surface area contributed by atoms with E-state index in [1.807, 2.05) is 30.5 Å². The zero-order valence-electron chi connectivity index (χ0n) is 20.6. The Hall–Kier alpha value is -2.49. The Morgan fingerprint density at radius 3 is 2.62 bits per heavy atom. The molecule has 196 valence electrons. The van der Waals surface area contributed by atoms with Crippen LogP contribution in [0.2, 0.25) is 5.02 Å². The minimum atomic E-state index is -3.53. The number of hydrogen-bond donors (Lipinski definition) is 1. The fourth-order valence-corrected chi connectivity index (χ4v) is 5.64. The molecule has 0 radical (unpaired) electrons. The van der Waals surface area contributed by atoms with Crippen molar-refractivity contribution in [1.29, 1.82) is 0 Å². The van der Waals surface area contributed by atoms with E-state index in [1.165, 1.54) is 6.07 Å². The van der Waals surface area contributed by atoms with E-state index in [4.69, 9.17) is 31.5 Å². The van der Waals surface area contributed by atoms with Gasteiger partial charge in [0.05, 0.1) is 42.2 Å². The van der Waals surface area contributed by atoms with Crippen LogP contribution in [0.3, 0.4) is 0 Å². The van der Waals surface area contributed by atoms with Gasteiger partial charge in [0.2, 0.25) is 0 Å². The number of ether oxygens (including phenoxy) is 3. The molecule has 0 atom stereocenters. The van der Waals surface area contributed by atoms with Crippen LogP contribution in [0.25, 0.3) is 11.1 Å². The van der Waals surface area contributed by atoms with E-state index in [0.29, 0.717) is 23.7 Å². The molecule has 2 aliphatic carbocycles. The number of sulfone groups is 1. The number of hydrogen-bond acceptors (Lipinski definition) is 7. The van der Waals surface area contributed by atoms with Gasteiger partial charge in [0, 0.05) is 35.1 Å². The van der Waals surface area contributed by atoms with Crippen LogP contribution in [-0.4, -0.2) is 45.0 Å². The average Bonchev–Trinajstić information content (AvgIpc) is 3.84. The first-order valence-electron chi connectivity index (χ1n) is 12.6. The molecule has 0 unspecified atom stereocenters. The Balaban J connectivity index is 1.35. The molecular formula is C28H31ClN2O5S. The van der Waals surface area contributed by atoms with E-state index < -0.39 is 15.4 Å². The van der Waals surface area contributed by atoms with Crippen molar-refractivity contribution in [2.75, 3.05) is 25.5 Å². The molecule has 2 fully saturated rings. The smallest absolute Gasteiger partial charge is 0.180 e. The third kappa shape index (κ3) is 6.16. The first-order chi connectivity index (χ1) is 17.9. The topological polar surface area (TPSA) is 101 Å². The third-order valence-corrected chi connectivity index (χ3v) is 8.70. The lowest BCUT2D eigenvalue weighted by Crippen LogP contribution is -2.17. The summed E-state index contributed by atoms with van der Waals surface area (Å²) in [5.41, 5.74) is 8.56. The molecular weight excluding hydrogens is 512 g/mol. The highest BCUT2D eigenvalue weighted by Crippen LogP contribution is 2.53. The van der Waals surface area contributed by atoms with Crippen LogP contribution < -0.4 is 10.5 Å². The number of benzene rings is 2. The quantitative estimate of drug-likeness (QED) is 0.307. The van der Waals surface area contributed by atoms with Crippen LogP contribution in [0, 0.1) is 0 Å². The summed E-state index contributed by atoms with van der Waals surface area (Å²) in [7, 11) is -3.53. The highest BCUT2D eigenvalue weighted by molar-refractivity contribution is 7.91. The third-order valence-electron chi connectivity index (χ3n) is 6.65. The standard InChI is InChI=1S/C28H31ClN2O5S/c29-26-8-7-22(37(32,33)16-15-34-14-12-30)17-20(26)19-35-28(10-11-28)25-18-31-13-9-23(25)24-3-1-2-4-27(24)36-21-5-6-21/h1-4,7-9,13,17-18,21H,5-6,10-12,14-16,19,30H2. The summed E-state index contributed by atoms with van der Waals surface area (Å²) in [5, 5.41) is 0.462. The fourth-order valence-electron chi connectivity index (χ4n) is 4.30. The Bertz CT molecular complexity index is 1360. The number of rotatable bonds is 13. The molecule has 3 aromatic rings. The second kappa shape index (κ2) is 11.1. The van der Waals surface area contributed by atoms with Crippen molar-refractivity contribution in [3.63, 3.8) is 0 Å². The van der Waals surface area contributed by atoms with Crippen LogP contribution in [-0.2, 0) is 31.5 Å². The molecule has 2 saturated carbocycles. The summed E-state index contributed by atoms with van der Waals surface area (Å²) in [4.78, 5) is 4.59. The Labute approximate surface area is 222 Å².